The fraction of sp³-hybridized carbons (Fsp3) is 0.160. The minimum Gasteiger partial charge on any atom is -0.497 e. The van der Waals surface area contributed by atoms with Gasteiger partial charge in [-0.2, -0.15) is 0 Å². The Morgan fingerprint density at radius 3 is 1.71 bits per heavy atom. The van der Waals surface area contributed by atoms with Crippen molar-refractivity contribution in [3.05, 3.63) is 172 Å². The number of amides is 2. The Hall–Kier alpha value is -7.84. The number of rotatable bonds is 13. The van der Waals surface area contributed by atoms with Crippen LogP contribution in [0.15, 0.2) is 122 Å². The van der Waals surface area contributed by atoms with Crippen LogP contribution >= 0.6 is 11.6 Å². The number of anilines is 2. The quantitative estimate of drug-likeness (QED) is 0.0851. The third-order valence-electron chi connectivity index (χ3n) is 10.8. The van der Waals surface area contributed by atoms with Crippen molar-refractivity contribution in [1.29, 1.82) is 0 Å². The number of aryl methyl sites for hydroxylation is 1. The number of carbonyl (C=O) groups excluding carboxylic acids is 4. The van der Waals surface area contributed by atoms with Crippen molar-refractivity contribution in [3.63, 3.8) is 0 Å². The predicted molar refractivity (Wildman–Crippen MR) is 248 cm³/mol. The molecule has 4 heterocycles. The third-order valence-corrected chi connectivity index (χ3v) is 11.0. The highest BCUT2D eigenvalue weighted by Crippen LogP contribution is 2.32. The zero-order valence-electron chi connectivity index (χ0n) is 36.4. The smallest absolute Gasteiger partial charge is 0.296 e. The van der Waals surface area contributed by atoms with Crippen molar-refractivity contribution in [2.75, 3.05) is 32.0 Å². The maximum Gasteiger partial charge on any atom is 0.296 e. The molecule has 15 heteroatoms. The summed E-state index contributed by atoms with van der Waals surface area (Å²) in [6, 6.07) is 31.4. The Balaban J connectivity index is 0.000000194. The van der Waals surface area contributed by atoms with E-state index in [9.17, 15) is 23.6 Å². The molecule has 2 N–H and O–H groups in total. The van der Waals surface area contributed by atoms with Gasteiger partial charge in [-0.1, -0.05) is 47.5 Å². The third kappa shape index (κ3) is 10.0. The molecule has 13 nitrogen and oxygen atoms in total. The predicted octanol–water partition coefficient (Wildman–Crippen LogP) is 9.56. The zero-order valence-corrected chi connectivity index (χ0v) is 37.1. The molecule has 8 rings (SSSR count). The molecule has 330 valence electrons. The molecule has 65 heavy (non-hydrogen) atoms. The zero-order chi connectivity index (χ0) is 46.4. The molecule has 0 aliphatic rings. The van der Waals surface area contributed by atoms with E-state index in [0.717, 1.165) is 27.7 Å². The van der Waals surface area contributed by atoms with Crippen LogP contribution in [0.1, 0.15) is 48.8 Å². The summed E-state index contributed by atoms with van der Waals surface area (Å²) in [4.78, 5) is 60.2. The molecule has 0 saturated heterocycles. The molecule has 0 aliphatic carbocycles. The molecule has 8 aromatic rings. The summed E-state index contributed by atoms with van der Waals surface area (Å²) >= 11 is 6.02. The number of carbonyl (C=O) groups is 4. The Labute approximate surface area is 378 Å². The van der Waals surface area contributed by atoms with E-state index >= 15 is 0 Å². The molecule has 4 aromatic carbocycles. The number of methoxy groups -OCH3 is 3. The van der Waals surface area contributed by atoms with Gasteiger partial charge in [-0.25, -0.2) is 14.4 Å². The van der Waals surface area contributed by atoms with E-state index in [1.807, 2.05) is 84.5 Å². The first-order valence-electron chi connectivity index (χ1n) is 20.2. The molecule has 0 radical (unpaired) electrons. The number of benzene rings is 4. The second kappa shape index (κ2) is 19.7. The van der Waals surface area contributed by atoms with Gasteiger partial charge >= 0.3 is 0 Å². The van der Waals surface area contributed by atoms with Crippen LogP contribution < -0.4 is 24.8 Å². The van der Waals surface area contributed by atoms with E-state index in [0.29, 0.717) is 80.3 Å². The maximum atomic E-state index is 13.3. The van der Waals surface area contributed by atoms with Crippen molar-refractivity contribution >= 4 is 68.2 Å². The molecule has 0 unspecified atom stereocenters. The van der Waals surface area contributed by atoms with Crippen molar-refractivity contribution in [2.24, 2.45) is 0 Å². The number of ether oxygens (including phenoxy) is 3. The number of fused-ring (bicyclic) bond motifs is 2. The first-order chi connectivity index (χ1) is 31.3. The highest BCUT2D eigenvalue weighted by Gasteiger charge is 2.27. The van der Waals surface area contributed by atoms with Gasteiger partial charge in [0.1, 0.15) is 11.6 Å². The van der Waals surface area contributed by atoms with Gasteiger partial charge in [0.2, 0.25) is 11.8 Å². The molecule has 0 aliphatic heterocycles. The van der Waals surface area contributed by atoms with Gasteiger partial charge in [0.25, 0.3) is 23.4 Å². The first-order valence-corrected chi connectivity index (χ1v) is 20.6. The van der Waals surface area contributed by atoms with Gasteiger partial charge in [0.15, 0.2) is 0 Å². The van der Waals surface area contributed by atoms with Crippen LogP contribution in [0.2, 0.25) is 5.02 Å². The topological polar surface area (TPSA) is 156 Å². The van der Waals surface area contributed by atoms with Gasteiger partial charge in [0, 0.05) is 75.3 Å². The Bertz CT molecular complexity index is 3070. The van der Waals surface area contributed by atoms with Crippen molar-refractivity contribution in [2.45, 2.75) is 33.9 Å². The van der Waals surface area contributed by atoms with Crippen LogP contribution in [0.25, 0.3) is 21.8 Å². The number of halogens is 2. The summed E-state index contributed by atoms with van der Waals surface area (Å²) < 4.78 is 32.7. The van der Waals surface area contributed by atoms with Crippen molar-refractivity contribution in [3.8, 4) is 17.5 Å². The molecule has 0 atom stereocenters. The molecule has 0 spiro atoms. The minimum atomic E-state index is -0.751. The summed E-state index contributed by atoms with van der Waals surface area (Å²) in [6.45, 7) is 6.54. The monoisotopic (exact) mass is 894 g/mol. The van der Waals surface area contributed by atoms with Crippen molar-refractivity contribution in [1.82, 2.24) is 19.1 Å². The highest BCUT2D eigenvalue weighted by molar-refractivity contribution is 6.49. The van der Waals surface area contributed by atoms with E-state index in [2.05, 4.69) is 20.6 Å². The number of ketones is 2. The second-order valence-corrected chi connectivity index (χ2v) is 15.4. The Morgan fingerprint density at radius 1 is 0.600 bits per heavy atom. The molecule has 2 amide bonds. The van der Waals surface area contributed by atoms with Crippen LogP contribution in [0, 0.1) is 26.6 Å². The van der Waals surface area contributed by atoms with Crippen LogP contribution in [0.5, 0.6) is 17.5 Å². The van der Waals surface area contributed by atoms with Crippen LogP contribution in [-0.2, 0) is 22.7 Å². The molecular formula is C50H44ClFN6O7. The average molecular weight is 895 g/mol. The number of aromatic nitrogens is 4. The number of hydrogen-bond acceptors (Lipinski definition) is 9. The summed E-state index contributed by atoms with van der Waals surface area (Å²) in [5.41, 5.74) is 7.38. The second-order valence-electron chi connectivity index (χ2n) is 15.0. The lowest BCUT2D eigenvalue weighted by molar-refractivity contribution is -0.113. The average Bonchev–Trinajstić information content (AvgIpc) is 3.74. The van der Waals surface area contributed by atoms with Crippen LogP contribution in [0.3, 0.4) is 0 Å². The summed E-state index contributed by atoms with van der Waals surface area (Å²) in [6.07, 6.45) is 2.92. The molecule has 0 fully saturated rings. The molecule has 0 saturated carbocycles. The molecule has 4 aromatic heterocycles. The van der Waals surface area contributed by atoms with E-state index in [4.69, 9.17) is 25.8 Å². The largest absolute Gasteiger partial charge is 0.497 e. The fourth-order valence-corrected chi connectivity index (χ4v) is 7.61. The van der Waals surface area contributed by atoms with Crippen LogP contribution in [0.4, 0.5) is 15.8 Å². The van der Waals surface area contributed by atoms with Gasteiger partial charge < -0.3 is 34.0 Å². The number of hydrogen-bond donors (Lipinski definition) is 2. The normalized spacial score (nSPS) is 10.8. The van der Waals surface area contributed by atoms with E-state index < -0.39 is 23.4 Å². The SMILES string of the molecule is COc1cc(NC(=O)C(=O)c2c(C)n(Cc3ccc(F)cc3)c3ccc(C)cc23)ccn1.COc1ccc2c(c1)c(C(=O)C(=O)Nc1ccc(OC)nc1)c(C)n2Cc1ccc(Cl)cc1. The lowest BCUT2D eigenvalue weighted by Gasteiger charge is -2.09. The first kappa shape index (κ1) is 45.2. The van der Waals surface area contributed by atoms with E-state index in [1.54, 1.807) is 49.6 Å². The Morgan fingerprint density at radius 2 is 1.15 bits per heavy atom. The summed E-state index contributed by atoms with van der Waals surface area (Å²) in [5, 5.41) is 7.25. The number of Topliss-reactive ketones (excluding diaryl/α,β-unsaturated/α-hetero) is 2. The standard InChI is InChI=1S/C25H22ClN3O4.C25H22FN3O3/c1-15-23(24(30)25(31)28-18-8-11-22(33-3)27-13-18)20-12-19(32-2)9-10-21(20)29(15)14-16-4-6-17(26)7-5-16;1-15-4-9-21-20(12-15)23(16(2)29(21)14-17-5-7-18(26)8-6-17)24(30)25(31)28-19-10-11-27-22(13-19)32-3/h4-13H,14H2,1-3H3,(H,28,31);4-13H,14H2,1-3H3,(H,27,28,31). The van der Waals surface area contributed by atoms with Gasteiger partial charge in [-0.3, -0.25) is 19.2 Å². The molecular weight excluding hydrogens is 851 g/mol. The number of pyridine rings is 2. The van der Waals surface area contributed by atoms with Gasteiger partial charge in [-0.15, -0.1) is 0 Å². The van der Waals surface area contributed by atoms with Gasteiger partial charge in [0.05, 0.1) is 44.3 Å². The summed E-state index contributed by atoms with van der Waals surface area (Å²) in [7, 11) is 4.53. The number of nitrogens with zero attached hydrogens (tertiary/aromatic N) is 4. The minimum absolute atomic E-state index is 0.307. The van der Waals surface area contributed by atoms with E-state index in [1.165, 1.54) is 38.7 Å². The van der Waals surface area contributed by atoms with Gasteiger partial charge in [-0.05, 0) is 98.6 Å². The van der Waals surface area contributed by atoms with Crippen LogP contribution in [-0.4, -0.2) is 63.8 Å². The molecule has 0 bridgehead atoms. The van der Waals surface area contributed by atoms with E-state index in [-0.39, 0.29) is 5.82 Å². The Kier molecular flexibility index (Phi) is 13.7. The fourth-order valence-electron chi connectivity index (χ4n) is 7.49. The number of nitrogens with one attached hydrogen (secondary N) is 2. The maximum absolute atomic E-state index is 13.3. The summed E-state index contributed by atoms with van der Waals surface area (Å²) in [5.74, 6) is -1.74. The van der Waals surface area contributed by atoms with Crippen molar-refractivity contribution < 1.29 is 37.8 Å². The highest BCUT2D eigenvalue weighted by atomic mass is 35.5. The lowest BCUT2D eigenvalue weighted by Crippen LogP contribution is -2.23. The lowest BCUT2D eigenvalue weighted by atomic mass is 10.0.